The fraction of sp³-hybridized carbons (Fsp3) is 0.571. The third-order valence-corrected chi connectivity index (χ3v) is 2.07. The minimum Gasteiger partial charge on any atom is -0.294 e. The summed E-state index contributed by atoms with van der Waals surface area (Å²) in [5.74, 6) is 0.222. The van der Waals surface area contributed by atoms with Gasteiger partial charge < -0.3 is 0 Å². The van der Waals surface area contributed by atoms with E-state index in [0.29, 0.717) is 6.42 Å². The number of hydrogen-bond donors (Lipinski definition) is 0. The summed E-state index contributed by atoms with van der Waals surface area (Å²) in [7, 11) is 0. The van der Waals surface area contributed by atoms with Gasteiger partial charge in [0.25, 0.3) is 0 Å². The molecule has 0 atom stereocenters. The third kappa shape index (κ3) is 1.42. The predicted molar refractivity (Wildman–Crippen MR) is 40.4 cm³/mol. The minimum absolute atomic E-state index is 0.0793. The van der Waals surface area contributed by atoms with Crippen molar-refractivity contribution in [2.75, 3.05) is 0 Å². The van der Waals surface area contributed by atoms with Gasteiger partial charge in [0.05, 0.1) is 4.48 Å². The molecule has 1 rings (SSSR count). The average molecular weight is 189 g/mol. The second-order valence-corrected chi connectivity index (χ2v) is 3.94. The van der Waals surface area contributed by atoms with Crippen molar-refractivity contribution in [1.82, 2.24) is 0 Å². The molecule has 0 saturated carbocycles. The number of carbonyl (C=O) groups excluding carboxylic acids is 1. The lowest BCUT2D eigenvalue weighted by atomic mass is 9.93. The molecule has 50 valence electrons. The first kappa shape index (κ1) is 7.00. The smallest absolute Gasteiger partial charge is 0.170 e. The van der Waals surface area contributed by atoms with Crippen LogP contribution in [-0.2, 0) is 4.79 Å². The lowest BCUT2D eigenvalue weighted by Gasteiger charge is -2.10. The van der Waals surface area contributed by atoms with Crippen LogP contribution in [-0.4, -0.2) is 5.78 Å². The van der Waals surface area contributed by atoms with Crippen molar-refractivity contribution < 1.29 is 4.79 Å². The van der Waals surface area contributed by atoms with Crippen LogP contribution in [0.15, 0.2) is 10.6 Å². The summed E-state index contributed by atoms with van der Waals surface area (Å²) in [5, 5.41) is 0. The highest BCUT2D eigenvalue weighted by molar-refractivity contribution is 9.12. The predicted octanol–water partition coefficient (Wildman–Crippen LogP) is 2.26. The van der Waals surface area contributed by atoms with Crippen LogP contribution in [0.5, 0.6) is 0 Å². The molecule has 1 aliphatic carbocycles. The van der Waals surface area contributed by atoms with Gasteiger partial charge in [-0.25, -0.2) is 0 Å². The molecule has 0 bridgehead atoms. The molecule has 0 spiro atoms. The summed E-state index contributed by atoms with van der Waals surface area (Å²) in [4.78, 5) is 10.9. The second-order valence-electron chi connectivity index (χ2n) is 3.08. The van der Waals surface area contributed by atoms with Crippen LogP contribution >= 0.6 is 15.9 Å². The Balaban J connectivity index is 2.86. The molecular formula is C7H9BrO. The zero-order chi connectivity index (χ0) is 7.07. The first-order valence-electron chi connectivity index (χ1n) is 2.93. The van der Waals surface area contributed by atoms with Crippen LogP contribution in [0, 0.1) is 5.41 Å². The van der Waals surface area contributed by atoms with Gasteiger partial charge in [0.1, 0.15) is 0 Å². The number of halogens is 1. The van der Waals surface area contributed by atoms with Gasteiger partial charge in [-0.3, -0.25) is 4.79 Å². The molecule has 0 N–H and O–H groups in total. The zero-order valence-corrected chi connectivity index (χ0v) is 7.16. The van der Waals surface area contributed by atoms with Gasteiger partial charge in [0, 0.05) is 6.42 Å². The molecule has 0 aromatic heterocycles. The molecular weight excluding hydrogens is 180 g/mol. The van der Waals surface area contributed by atoms with Gasteiger partial charge in [-0.1, -0.05) is 19.9 Å². The molecule has 2 heteroatoms. The van der Waals surface area contributed by atoms with Crippen molar-refractivity contribution in [1.29, 1.82) is 0 Å². The van der Waals surface area contributed by atoms with Crippen molar-refractivity contribution >= 4 is 21.7 Å². The average Bonchev–Trinajstić information content (AvgIpc) is 1.79. The molecule has 0 saturated heterocycles. The first-order valence-corrected chi connectivity index (χ1v) is 3.72. The second kappa shape index (κ2) is 1.94. The van der Waals surface area contributed by atoms with Crippen LogP contribution in [0.1, 0.15) is 20.3 Å². The fourth-order valence-corrected chi connectivity index (χ4v) is 1.73. The summed E-state index contributed by atoms with van der Waals surface area (Å²) >= 11 is 3.19. The summed E-state index contributed by atoms with van der Waals surface area (Å²) < 4.78 is 0.743. The normalized spacial score (nSPS) is 24.3. The van der Waals surface area contributed by atoms with E-state index in [-0.39, 0.29) is 11.2 Å². The van der Waals surface area contributed by atoms with Gasteiger partial charge in [-0.05, 0) is 21.3 Å². The maximum absolute atomic E-state index is 10.9. The van der Waals surface area contributed by atoms with E-state index in [1.54, 1.807) is 0 Å². The third-order valence-electron chi connectivity index (χ3n) is 1.40. The molecule has 0 unspecified atom stereocenters. The number of hydrogen-bond acceptors (Lipinski definition) is 1. The molecule has 0 aliphatic heterocycles. The van der Waals surface area contributed by atoms with Crippen molar-refractivity contribution in [3.05, 3.63) is 10.6 Å². The molecule has 9 heavy (non-hydrogen) atoms. The molecule has 1 nitrogen and oxygen atoms in total. The topological polar surface area (TPSA) is 17.1 Å². The lowest BCUT2D eigenvalue weighted by molar-refractivity contribution is -0.115. The van der Waals surface area contributed by atoms with E-state index in [1.807, 2.05) is 6.08 Å². The van der Waals surface area contributed by atoms with E-state index < -0.39 is 0 Å². The van der Waals surface area contributed by atoms with Crippen LogP contribution < -0.4 is 0 Å². The van der Waals surface area contributed by atoms with Gasteiger partial charge in [-0.15, -0.1) is 0 Å². The van der Waals surface area contributed by atoms with Crippen LogP contribution in [0.25, 0.3) is 0 Å². The molecule has 0 radical (unpaired) electrons. The monoisotopic (exact) mass is 188 g/mol. The lowest BCUT2D eigenvalue weighted by Crippen LogP contribution is -2.04. The Labute approximate surface area is 63.3 Å². The van der Waals surface area contributed by atoms with Gasteiger partial charge in [-0.2, -0.15) is 0 Å². The van der Waals surface area contributed by atoms with Crippen molar-refractivity contribution in [3.63, 3.8) is 0 Å². The van der Waals surface area contributed by atoms with Gasteiger partial charge >= 0.3 is 0 Å². The Morgan fingerprint density at radius 1 is 1.67 bits per heavy atom. The minimum atomic E-state index is 0.0793. The number of Topliss-reactive ketones (excluding diaryl/α,β-unsaturated/α-hetero) is 1. The van der Waals surface area contributed by atoms with Crippen LogP contribution in [0.2, 0.25) is 0 Å². The highest BCUT2D eigenvalue weighted by Crippen LogP contribution is 2.34. The van der Waals surface area contributed by atoms with Crippen LogP contribution in [0.4, 0.5) is 0 Å². The number of rotatable bonds is 0. The van der Waals surface area contributed by atoms with E-state index in [0.717, 1.165) is 4.48 Å². The first-order chi connectivity index (χ1) is 4.01. The molecule has 0 aromatic rings. The fourth-order valence-electron chi connectivity index (χ4n) is 0.973. The molecule has 0 heterocycles. The number of carbonyl (C=O) groups is 1. The van der Waals surface area contributed by atoms with Crippen molar-refractivity contribution in [2.24, 2.45) is 5.41 Å². The maximum Gasteiger partial charge on any atom is 0.170 e. The summed E-state index contributed by atoms with van der Waals surface area (Å²) in [6.45, 7) is 4.11. The number of allylic oxidation sites excluding steroid dienone is 2. The van der Waals surface area contributed by atoms with Crippen LogP contribution in [0.3, 0.4) is 0 Å². The van der Waals surface area contributed by atoms with E-state index in [1.165, 1.54) is 0 Å². The van der Waals surface area contributed by atoms with Crippen molar-refractivity contribution in [3.8, 4) is 0 Å². The highest BCUT2D eigenvalue weighted by atomic mass is 79.9. The SMILES string of the molecule is CC1(C)C=C(Br)C(=O)C1. The Hall–Kier alpha value is -0.110. The Morgan fingerprint density at radius 3 is 2.33 bits per heavy atom. The molecule has 0 amide bonds. The molecule has 0 fully saturated rings. The van der Waals surface area contributed by atoms with Crippen molar-refractivity contribution in [2.45, 2.75) is 20.3 Å². The van der Waals surface area contributed by atoms with E-state index in [9.17, 15) is 4.79 Å². The molecule has 0 aromatic carbocycles. The Kier molecular flexibility index (Phi) is 1.51. The Bertz CT molecular complexity index is 179. The van der Waals surface area contributed by atoms with E-state index in [2.05, 4.69) is 29.8 Å². The summed E-state index contributed by atoms with van der Waals surface area (Å²) in [6, 6.07) is 0. The number of ketones is 1. The van der Waals surface area contributed by atoms with Gasteiger partial charge in [0.2, 0.25) is 0 Å². The molecule has 1 aliphatic rings. The summed E-state index contributed by atoms with van der Waals surface area (Å²) in [5.41, 5.74) is 0.0793. The van der Waals surface area contributed by atoms with E-state index >= 15 is 0 Å². The standard InChI is InChI=1S/C7H9BrO/c1-7(2)3-5(8)6(9)4-7/h3H,4H2,1-2H3. The Morgan fingerprint density at radius 2 is 2.22 bits per heavy atom. The van der Waals surface area contributed by atoms with E-state index in [4.69, 9.17) is 0 Å². The quantitative estimate of drug-likeness (QED) is 0.571. The zero-order valence-electron chi connectivity index (χ0n) is 5.57. The largest absolute Gasteiger partial charge is 0.294 e. The summed E-state index contributed by atoms with van der Waals surface area (Å²) in [6.07, 6.45) is 2.61. The van der Waals surface area contributed by atoms with Gasteiger partial charge in [0.15, 0.2) is 5.78 Å². The highest BCUT2D eigenvalue weighted by Gasteiger charge is 2.28. The maximum atomic E-state index is 10.9.